The van der Waals surface area contributed by atoms with Crippen molar-refractivity contribution in [3.63, 3.8) is 0 Å². The van der Waals surface area contributed by atoms with Gasteiger partial charge in [-0.1, -0.05) is 0 Å². The summed E-state index contributed by atoms with van der Waals surface area (Å²) >= 11 is 0. The molecule has 6 heteroatoms. The van der Waals surface area contributed by atoms with E-state index in [-0.39, 0.29) is 24.5 Å². The van der Waals surface area contributed by atoms with Gasteiger partial charge in [-0.2, -0.15) is 0 Å². The van der Waals surface area contributed by atoms with Crippen LogP contribution in [0.25, 0.3) is 0 Å². The minimum atomic E-state index is -3.08. The Morgan fingerprint density at radius 2 is 1.75 bits per heavy atom. The van der Waals surface area contributed by atoms with E-state index in [1.54, 1.807) is 13.8 Å². The second-order valence-corrected chi connectivity index (χ2v) is 5.83. The highest BCUT2D eigenvalue weighted by atomic mass is 31.2. The maximum Gasteiger partial charge on any atom is 0.331 e. The first-order chi connectivity index (χ1) is 7.43. The van der Waals surface area contributed by atoms with Gasteiger partial charge in [0, 0.05) is 12.5 Å². The van der Waals surface area contributed by atoms with Gasteiger partial charge in [0.1, 0.15) is 0 Å². The Labute approximate surface area is 97.4 Å². The predicted octanol–water partition coefficient (Wildman–Crippen LogP) is 2.17. The topological polar surface area (TPSA) is 64.6 Å². The fraction of sp³-hybridized carbons (Fsp3) is 0.900. The molecular weight excluding hydrogens is 229 g/mol. The van der Waals surface area contributed by atoms with Crippen molar-refractivity contribution in [2.45, 2.75) is 40.2 Å². The lowest BCUT2D eigenvalue weighted by atomic mass is 10.3. The Kier molecular flexibility index (Phi) is 7.64. The molecule has 0 saturated carbocycles. The third kappa shape index (κ3) is 6.99. The standard InChI is InChI=1S/C10H22NO4P/c1-5-14-16(13,15-6-2)8-7-10(12)11-9(3)4/h9H,5-8H2,1-4H3,(H,11,12). The average Bonchev–Trinajstić information content (AvgIpc) is 2.15. The first kappa shape index (κ1) is 15.6. The minimum absolute atomic E-state index is 0.0890. The lowest BCUT2D eigenvalue weighted by Gasteiger charge is -2.17. The molecule has 0 fully saturated rings. The van der Waals surface area contributed by atoms with Crippen molar-refractivity contribution >= 4 is 13.5 Å². The van der Waals surface area contributed by atoms with Crippen molar-refractivity contribution < 1.29 is 18.4 Å². The Bertz CT molecular complexity index is 245. The monoisotopic (exact) mass is 251 g/mol. The highest BCUT2D eigenvalue weighted by Crippen LogP contribution is 2.48. The molecule has 0 aliphatic carbocycles. The van der Waals surface area contributed by atoms with Gasteiger partial charge in [0.25, 0.3) is 0 Å². The molecule has 0 spiro atoms. The quantitative estimate of drug-likeness (QED) is 0.671. The fourth-order valence-corrected chi connectivity index (χ4v) is 2.79. The summed E-state index contributed by atoms with van der Waals surface area (Å²) < 4.78 is 22.1. The van der Waals surface area contributed by atoms with Crippen LogP contribution in [0, 0.1) is 0 Å². The Balaban J connectivity index is 4.11. The van der Waals surface area contributed by atoms with E-state index in [9.17, 15) is 9.36 Å². The molecule has 0 radical (unpaired) electrons. The van der Waals surface area contributed by atoms with E-state index >= 15 is 0 Å². The van der Waals surface area contributed by atoms with Gasteiger partial charge in [-0.05, 0) is 27.7 Å². The van der Waals surface area contributed by atoms with Gasteiger partial charge in [0.2, 0.25) is 5.91 Å². The van der Waals surface area contributed by atoms with E-state index in [4.69, 9.17) is 9.05 Å². The number of carbonyl (C=O) groups is 1. The molecule has 0 atom stereocenters. The summed E-state index contributed by atoms with van der Waals surface area (Å²) in [5.41, 5.74) is 0. The van der Waals surface area contributed by atoms with E-state index in [0.29, 0.717) is 13.2 Å². The highest BCUT2D eigenvalue weighted by Gasteiger charge is 2.24. The summed E-state index contributed by atoms with van der Waals surface area (Å²) in [5.74, 6) is -0.130. The molecule has 96 valence electrons. The molecule has 0 saturated heterocycles. The molecule has 0 aromatic rings. The number of nitrogens with one attached hydrogen (secondary N) is 1. The maximum absolute atomic E-state index is 12.0. The highest BCUT2D eigenvalue weighted by molar-refractivity contribution is 7.53. The van der Waals surface area contributed by atoms with Crippen LogP contribution in [-0.2, 0) is 18.4 Å². The van der Waals surface area contributed by atoms with Crippen LogP contribution < -0.4 is 5.32 Å². The van der Waals surface area contributed by atoms with E-state index in [2.05, 4.69) is 5.32 Å². The Morgan fingerprint density at radius 1 is 1.25 bits per heavy atom. The van der Waals surface area contributed by atoms with Gasteiger partial charge in [-0.15, -0.1) is 0 Å². The molecule has 5 nitrogen and oxygen atoms in total. The SMILES string of the molecule is CCOP(=O)(CCC(=O)NC(C)C)OCC. The van der Waals surface area contributed by atoms with Crippen LogP contribution in [0.1, 0.15) is 34.1 Å². The minimum Gasteiger partial charge on any atom is -0.354 e. The summed E-state index contributed by atoms with van der Waals surface area (Å²) in [4.78, 5) is 11.4. The van der Waals surface area contributed by atoms with E-state index < -0.39 is 7.60 Å². The Hall–Kier alpha value is -0.380. The molecule has 16 heavy (non-hydrogen) atoms. The van der Waals surface area contributed by atoms with E-state index in [0.717, 1.165) is 0 Å². The van der Waals surface area contributed by atoms with Gasteiger partial charge in [0.05, 0.1) is 19.4 Å². The van der Waals surface area contributed by atoms with Crippen molar-refractivity contribution in [2.75, 3.05) is 19.4 Å². The van der Waals surface area contributed by atoms with Crippen LogP contribution in [0.5, 0.6) is 0 Å². The van der Waals surface area contributed by atoms with Gasteiger partial charge >= 0.3 is 7.60 Å². The zero-order valence-electron chi connectivity index (χ0n) is 10.5. The van der Waals surface area contributed by atoms with Gasteiger partial charge in [0.15, 0.2) is 0 Å². The number of hydrogen-bond acceptors (Lipinski definition) is 4. The lowest BCUT2D eigenvalue weighted by molar-refractivity contribution is -0.121. The summed E-state index contributed by atoms with van der Waals surface area (Å²) in [7, 11) is -3.08. The van der Waals surface area contributed by atoms with Crippen molar-refractivity contribution in [2.24, 2.45) is 0 Å². The first-order valence-corrected chi connectivity index (χ1v) is 7.33. The summed E-state index contributed by atoms with van der Waals surface area (Å²) in [6.07, 6.45) is 0.294. The van der Waals surface area contributed by atoms with Crippen molar-refractivity contribution in [3.8, 4) is 0 Å². The first-order valence-electron chi connectivity index (χ1n) is 5.61. The number of carbonyl (C=O) groups excluding carboxylic acids is 1. The van der Waals surface area contributed by atoms with Gasteiger partial charge in [-0.3, -0.25) is 9.36 Å². The molecule has 0 bridgehead atoms. The molecule has 0 rings (SSSR count). The van der Waals surface area contributed by atoms with Crippen LogP contribution in [0.4, 0.5) is 0 Å². The second kappa shape index (κ2) is 7.82. The normalized spacial score (nSPS) is 11.8. The number of hydrogen-bond donors (Lipinski definition) is 1. The number of amides is 1. The van der Waals surface area contributed by atoms with Crippen LogP contribution >= 0.6 is 7.60 Å². The van der Waals surface area contributed by atoms with Gasteiger partial charge < -0.3 is 14.4 Å². The van der Waals surface area contributed by atoms with Gasteiger partial charge in [-0.25, -0.2) is 0 Å². The van der Waals surface area contributed by atoms with Crippen LogP contribution in [-0.4, -0.2) is 31.3 Å². The van der Waals surface area contributed by atoms with Crippen LogP contribution in [0.15, 0.2) is 0 Å². The largest absolute Gasteiger partial charge is 0.354 e. The van der Waals surface area contributed by atoms with Crippen molar-refractivity contribution in [1.82, 2.24) is 5.32 Å². The molecule has 0 aliphatic rings. The fourth-order valence-electron chi connectivity index (χ4n) is 1.19. The maximum atomic E-state index is 12.0. The second-order valence-electron chi connectivity index (χ2n) is 3.64. The van der Waals surface area contributed by atoms with Crippen LogP contribution in [0.3, 0.4) is 0 Å². The molecule has 0 aromatic carbocycles. The molecule has 1 N–H and O–H groups in total. The molecule has 0 aromatic heterocycles. The molecule has 1 amide bonds. The third-order valence-corrected chi connectivity index (χ3v) is 3.79. The molecule has 0 aliphatic heterocycles. The van der Waals surface area contributed by atoms with E-state index in [1.165, 1.54) is 0 Å². The molecule has 0 heterocycles. The number of rotatable bonds is 8. The zero-order valence-corrected chi connectivity index (χ0v) is 11.4. The van der Waals surface area contributed by atoms with Crippen LogP contribution in [0.2, 0.25) is 0 Å². The lowest BCUT2D eigenvalue weighted by Crippen LogP contribution is -2.30. The average molecular weight is 251 g/mol. The van der Waals surface area contributed by atoms with Crippen molar-refractivity contribution in [3.05, 3.63) is 0 Å². The Morgan fingerprint density at radius 3 is 2.12 bits per heavy atom. The summed E-state index contributed by atoms with van der Waals surface area (Å²) in [6.45, 7) is 7.90. The zero-order chi connectivity index (χ0) is 12.6. The summed E-state index contributed by atoms with van der Waals surface area (Å²) in [6, 6.07) is 0.0890. The third-order valence-electron chi connectivity index (χ3n) is 1.71. The summed E-state index contributed by atoms with van der Waals surface area (Å²) in [5, 5.41) is 2.73. The molecule has 0 unspecified atom stereocenters. The van der Waals surface area contributed by atoms with E-state index in [1.807, 2.05) is 13.8 Å². The molecular formula is C10H22NO4P. The van der Waals surface area contributed by atoms with Crippen molar-refractivity contribution in [1.29, 1.82) is 0 Å². The smallest absolute Gasteiger partial charge is 0.331 e. The predicted molar refractivity (Wildman–Crippen MR) is 63.6 cm³/mol.